The predicted molar refractivity (Wildman–Crippen MR) is 163 cm³/mol. The van der Waals surface area contributed by atoms with Crippen LogP contribution in [0.5, 0.6) is 23.0 Å². The van der Waals surface area contributed by atoms with Crippen LogP contribution in [0.4, 0.5) is 11.4 Å². The lowest BCUT2D eigenvalue weighted by molar-refractivity contribution is -0.384. The predicted octanol–water partition coefficient (Wildman–Crippen LogP) is 5.46. The number of fused-ring (bicyclic) bond motifs is 2. The number of amides is 1. The average molecular weight is 600 g/mol. The molecule has 4 aromatic rings. The van der Waals surface area contributed by atoms with Gasteiger partial charge in [-0.1, -0.05) is 18.2 Å². The van der Waals surface area contributed by atoms with Gasteiger partial charge in [0.05, 0.1) is 55.8 Å². The Balaban J connectivity index is 1.44. The SMILES string of the molecule is COc1ccc([N+](=O)[O-])cc1NC(=O)COC(=O)c1c2c(nc3ccccc13)/C(=C\c1cc(OC)c(OC)c(OC)c1)CC2. The Morgan fingerprint density at radius 1 is 0.932 bits per heavy atom. The highest BCUT2D eigenvalue weighted by molar-refractivity contribution is 6.08. The third kappa shape index (κ3) is 5.82. The van der Waals surface area contributed by atoms with Gasteiger partial charge in [0.1, 0.15) is 5.75 Å². The first kappa shape index (κ1) is 29.8. The van der Waals surface area contributed by atoms with Crippen molar-refractivity contribution in [2.75, 3.05) is 40.4 Å². The van der Waals surface area contributed by atoms with Crippen molar-refractivity contribution in [2.45, 2.75) is 12.8 Å². The molecule has 1 N–H and O–H groups in total. The monoisotopic (exact) mass is 599 g/mol. The topological polar surface area (TPSA) is 148 Å². The van der Waals surface area contributed by atoms with E-state index in [-0.39, 0.29) is 17.1 Å². The number of methoxy groups -OCH3 is 4. The second kappa shape index (κ2) is 12.7. The first-order chi connectivity index (χ1) is 21.3. The van der Waals surface area contributed by atoms with Crippen LogP contribution in [0, 0.1) is 10.1 Å². The summed E-state index contributed by atoms with van der Waals surface area (Å²) in [6.07, 6.45) is 3.11. The highest BCUT2D eigenvalue weighted by atomic mass is 16.6. The normalized spacial score (nSPS) is 12.9. The molecule has 5 rings (SSSR count). The van der Waals surface area contributed by atoms with E-state index in [9.17, 15) is 19.7 Å². The molecule has 0 fully saturated rings. The average Bonchev–Trinajstić information content (AvgIpc) is 3.43. The Morgan fingerprint density at radius 2 is 1.64 bits per heavy atom. The Bertz CT molecular complexity index is 1790. The molecule has 0 radical (unpaired) electrons. The van der Waals surface area contributed by atoms with Crippen molar-refractivity contribution in [1.82, 2.24) is 4.98 Å². The molecule has 1 aromatic heterocycles. The molecule has 3 aromatic carbocycles. The van der Waals surface area contributed by atoms with Gasteiger partial charge in [-0.25, -0.2) is 9.78 Å². The molecule has 0 aliphatic heterocycles. The number of hydrogen-bond acceptors (Lipinski definition) is 10. The van der Waals surface area contributed by atoms with E-state index in [0.717, 1.165) is 11.1 Å². The van der Waals surface area contributed by atoms with E-state index in [4.69, 9.17) is 28.7 Å². The minimum absolute atomic E-state index is 0.0829. The summed E-state index contributed by atoms with van der Waals surface area (Å²) in [6.45, 7) is -0.621. The van der Waals surface area contributed by atoms with E-state index < -0.39 is 23.4 Å². The van der Waals surface area contributed by atoms with Crippen LogP contribution < -0.4 is 24.3 Å². The standard InChI is InChI=1S/C32H29N3O9/c1-40-25-12-10-20(35(38)39)16-24(25)33-28(36)17-44-32(37)29-21-7-5-6-8-23(21)34-30-19(9-11-22(29)30)13-18-14-26(41-2)31(43-4)27(15-18)42-3/h5-8,10,12-16H,9,11,17H2,1-4H3,(H,33,36)/b19-13-. The quantitative estimate of drug-likeness (QED) is 0.141. The van der Waals surface area contributed by atoms with Crippen molar-refractivity contribution in [3.05, 3.63) is 87.1 Å². The van der Waals surface area contributed by atoms with E-state index in [1.54, 1.807) is 26.4 Å². The van der Waals surface area contributed by atoms with Crippen molar-refractivity contribution in [3.8, 4) is 23.0 Å². The Labute approximate surface area is 252 Å². The van der Waals surface area contributed by atoms with Crippen molar-refractivity contribution >= 4 is 45.8 Å². The Kier molecular flexibility index (Phi) is 8.61. The number of non-ortho nitro benzene ring substituents is 1. The molecular weight excluding hydrogens is 570 g/mol. The zero-order valence-corrected chi connectivity index (χ0v) is 24.5. The van der Waals surface area contributed by atoms with Gasteiger partial charge in [-0.3, -0.25) is 14.9 Å². The number of rotatable bonds is 10. The van der Waals surface area contributed by atoms with Gasteiger partial charge in [0, 0.05) is 17.5 Å². The number of carbonyl (C=O) groups excluding carboxylic acids is 2. The molecule has 0 saturated heterocycles. The summed E-state index contributed by atoms with van der Waals surface area (Å²) in [5.41, 5.74) is 3.87. The number of nitrogens with zero attached hydrogens (tertiary/aromatic N) is 2. The van der Waals surface area contributed by atoms with Crippen molar-refractivity contribution in [2.24, 2.45) is 0 Å². The zero-order valence-electron chi connectivity index (χ0n) is 24.5. The van der Waals surface area contributed by atoms with E-state index in [0.29, 0.717) is 57.8 Å². The lowest BCUT2D eigenvalue weighted by Crippen LogP contribution is -2.22. The molecule has 12 nitrogen and oxygen atoms in total. The van der Waals surface area contributed by atoms with Crippen LogP contribution in [-0.2, 0) is 16.0 Å². The van der Waals surface area contributed by atoms with E-state index >= 15 is 0 Å². The van der Waals surface area contributed by atoms with Crippen molar-refractivity contribution < 1.29 is 38.2 Å². The second-order valence-electron chi connectivity index (χ2n) is 9.73. The van der Waals surface area contributed by atoms with Crippen LogP contribution in [0.2, 0.25) is 0 Å². The summed E-state index contributed by atoms with van der Waals surface area (Å²) >= 11 is 0. The number of carbonyl (C=O) groups is 2. The fourth-order valence-electron chi connectivity index (χ4n) is 5.19. The minimum Gasteiger partial charge on any atom is -0.495 e. The first-order valence-corrected chi connectivity index (χ1v) is 13.5. The number of esters is 1. The summed E-state index contributed by atoms with van der Waals surface area (Å²) < 4.78 is 27.1. The van der Waals surface area contributed by atoms with Gasteiger partial charge in [0.25, 0.3) is 11.6 Å². The fourth-order valence-corrected chi connectivity index (χ4v) is 5.19. The summed E-state index contributed by atoms with van der Waals surface area (Å²) in [4.78, 5) is 41.7. The number of benzene rings is 3. The number of hydrogen-bond donors (Lipinski definition) is 1. The largest absolute Gasteiger partial charge is 0.495 e. The smallest absolute Gasteiger partial charge is 0.339 e. The van der Waals surface area contributed by atoms with Crippen LogP contribution in [-0.4, -0.2) is 56.8 Å². The number of nitro benzene ring substituents is 1. The summed E-state index contributed by atoms with van der Waals surface area (Å²) in [7, 11) is 6.00. The van der Waals surface area contributed by atoms with E-state index in [1.807, 2.05) is 30.3 Å². The van der Waals surface area contributed by atoms with Gasteiger partial charge < -0.3 is 29.0 Å². The number of nitrogens with one attached hydrogen (secondary N) is 1. The lowest BCUT2D eigenvalue weighted by Gasteiger charge is -2.14. The van der Waals surface area contributed by atoms with Gasteiger partial charge in [-0.05, 0) is 59.9 Å². The summed E-state index contributed by atoms with van der Waals surface area (Å²) in [5, 5.41) is 14.3. The molecule has 1 aliphatic rings. The van der Waals surface area contributed by atoms with Gasteiger partial charge in [0.2, 0.25) is 5.75 Å². The summed E-state index contributed by atoms with van der Waals surface area (Å²) in [5.74, 6) is 0.346. The van der Waals surface area contributed by atoms with Gasteiger partial charge in [-0.15, -0.1) is 0 Å². The third-order valence-electron chi connectivity index (χ3n) is 7.18. The Hall–Kier alpha value is -5.65. The fraction of sp³-hybridized carbons (Fsp3) is 0.219. The van der Waals surface area contributed by atoms with E-state index in [2.05, 4.69) is 5.32 Å². The number of allylic oxidation sites excluding steroid dienone is 1. The van der Waals surface area contributed by atoms with Crippen LogP contribution >= 0.6 is 0 Å². The van der Waals surface area contributed by atoms with Crippen LogP contribution in [0.1, 0.15) is 33.6 Å². The number of pyridine rings is 1. The molecule has 0 bridgehead atoms. The minimum atomic E-state index is -0.685. The van der Waals surface area contributed by atoms with Crippen molar-refractivity contribution in [3.63, 3.8) is 0 Å². The van der Waals surface area contributed by atoms with Crippen LogP contribution in [0.3, 0.4) is 0 Å². The maximum absolute atomic E-state index is 13.5. The number of para-hydroxylation sites is 1. The van der Waals surface area contributed by atoms with Crippen LogP contribution in [0.25, 0.3) is 22.6 Å². The molecule has 0 spiro atoms. The highest BCUT2D eigenvalue weighted by Gasteiger charge is 2.28. The van der Waals surface area contributed by atoms with Gasteiger partial charge >= 0.3 is 5.97 Å². The number of anilines is 1. The molecule has 0 unspecified atom stereocenters. The van der Waals surface area contributed by atoms with Crippen LogP contribution in [0.15, 0.2) is 54.6 Å². The van der Waals surface area contributed by atoms with Gasteiger partial charge in [0.15, 0.2) is 18.1 Å². The number of aromatic nitrogens is 1. The molecular formula is C32H29N3O9. The summed E-state index contributed by atoms with van der Waals surface area (Å²) in [6, 6.07) is 14.7. The molecule has 0 saturated carbocycles. The first-order valence-electron chi connectivity index (χ1n) is 13.5. The third-order valence-corrected chi connectivity index (χ3v) is 7.18. The maximum Gasteiger partial charge on any atom is 0.339 e. The molecule has 1 aliphatic carbocycles. The Morgan fingerprint density at radius 3 is 2.30 bits per heavy atom. The zero-order chi connectivity index (χ0) is 31.4. The van der Waals surface area contributed by atoms with Gasteiger partial charge in [-0.2, -0.15) is 0 Å². The number of nitro groups is 1. The highest BCUT2D eigenvalue weighted by Crippen LogP contribution is 2.42. The van der Waals surface area contributed by atoms with Crippen molar-refractivity contribution in [1.29, 1.82) is 0 Å². The second-order valence-corrected chi connectivity index (χ2v) is 9.73. The molecule has 0 atom stereocenters. The molecule has 226 valence electrons. The lowest BCUT2D eigenvalue weighted by atomic mass is 10.0. The molecule has 1 amide bonds. The molecule has 44 heavy (non-hydrogen) atoms. The molecule has 12 heteroatoms. The van der Waals surface area contributed by atoms with E-state index in [1.165, 1.54) is 32.4 Å². The molecule has 1 heterocycles. The number of ether oxygens (including phenoxy) is 5. The maximum atomic E-state index is 13.5.